The summed E-state index contributed by atoms with van der Waals surface area (Å²) in [5.41, 5.74) is 4.81. The highest BCUT2D eigenvalue weighted by Crippen LogP contribution is 2.27. The summed E-state index contributed by atoms with van der Waals surface area (Å²) in [5, 5.41) is 13.4. The molecule has 2 heterocycles. The molecule has 3 N–H and O–H groups in total. The van der Waals surface area contributed by atoms with E-state index in [1.54, 1.807) is 13.8 Å². The zero-order valence-electron chi connectivity index (χ0n) is 13.4. The highest BCUT2D eigenvalue weighted by Gasteiger charge is 2.37. The van der Waals surface area contributed by atoms with Gasteiger partial charge in [0.2, 0.25) is 10.0 Å². The number of aromatic nitrogens is 1. The van der Waals surface area contributed by atoms with Crippen LogP contribution >= 0.6 is 0 Å². The number of anilines is 1. The maximum atomic E-state index is 12.7. The fourth-order valence-corrected chi connectivity index (χ4v) is 4.43. The molecule has 0 spiro atoms. The van der Waals surface area contributed by atoms with Crippen molar-refractivity contribution >= 4 is 15.8 Å². The van der Waals surface area contributed by atoms with E-state index in [2.05, 4.69) is 10.1 Å². The normalized spacial score (nSPS) is 22.1. The van der Waals surface area contributed by atoms with Gasteiger partial charge >= 0.3 is 0 Å². The fraction of sp³-hybridized carbons (Fsp3) is 0.769. The van der Waals surface area contributed by atoms with Crippen molar-refractivity contribution in [3.05, 3.63) is 5.76 Å². The summed E-state index contributed by atoms with van der Waals surface area (Å²) in [7, 11) is -3.72. The first-order valence-corrected chi connectivity index (χ1v) is 8.64. The second-order valence-electron chi connectivity index (χ2n) is 6.45. The van der Waals surface area contributed by atoms with Gasteiger partial charge in [-0.25, -0.2) is 8.42 Å². The smallest absolute Gasteiger partial charge is 0.250 e. The molecule has 1 fully saturated rings. The average Bonchev–Trinajstić information content (AvgIpc) is 2.70. The first-order valence-electron chi connectivity index (χ1n) is 7.20. The summed E-state index contributed by atoms with van der Waals surface area (Å²) in [6, 6.07) is -0.00339. The van der Waals surface area contributed by atoms with Crippen LogP contribution in [0.2, 0.25) is 0 Å². The van der Waals surface area contributed by atoms with E-state index in [9.17, 15) is 13.5 Å². The van der Waals surface area contributed by atoms with Crippen LogP contribution in [-0.4, -0.2) is 65.7 Å². The predicted molar refractivity (Wildman–Crippen MR) is 81.7 cm³/mol. The minimum atomic E-state index is -3.72. The number of sulfonamides is 1. The largest absolute Gasteiger partial charge is 0.389 e. The first kappa shape index (κ1) is 17.2. The molecule has 1 saturated heterocycles. The van der Waals surface area contributed by atoms with Crippen LogP contribution in [0.5, 0.6) is 0 Å². The van der Waals surface area contributed by atoms with Crippen LogP contribution in [0.3, 0.4) is 0 Å². The molecule has 0 aliphatic carbocycles. The number of nitrogens with two attached hydrogens (primary N) is 1. The van der Waals surface area contributed by atoms with Crippen molar-refractivity contribution < 1.29 is 18.0 Å². The molecule has 1 atom stereocenters. The predicted octanol–water partition coefficient (Wildman–Crippen LogP) is 0.0309. The zero-order chi connectivity index (χ0) is 16.7. The zero-order valence-corrected chi connectivity index (χ0v) is 14.2. The van der Waals surface area contributed by atoms with Gasteiger partial charge in [0.15, 0.2) is 16.5 Å². The molecule has 1 unspecified atom stereocenters. The lowest BCUT2D eigenvalue weighted by molar-refractivity contribution is 0.00798. The molecule has 0 amide bonds. The molecule has 1 aromatic rings. The van der Waals surface area contributed by atoms with Crippen LogP contribution in [0, 0.1) is 6.92 Å². The van der Waals surface area contributed by atoms with Crippen molar-refractivity contribution in [2.75, 3.05) is 31.9 Å². The minimum Gasteiger partial charge on any atom is -0.389 e. The number of piperazine rings is 1. The van der Waals surface area contributed by atoms with E-state index in [-0.39, 0.29) is 22.5 Å². The van der Waals surface area contributed by atoms with Crippen molar-refractivity contribution in [1.82, 2.24) is 14.4 Å². The molecular weight excluding hydrogens is 308 g/mol. The average molecular weight is 332 g/mol. The highest BCUT2D eigenvalue weighted by molar-refractivity contribution is 7.89. The van der Waals surface area contributed by atoms with E-state index in [1.165, 1.54) is 11.2 Å². The molecule has 126 valence electrons. The van der Waals surface area contributed by atoms with E-state index in [1.807, 2.05) is 6.92 Å². The van der Waals surface area contributed by atoms with Gasteiger partial charge in [0, 0.05) is 32.2 Å². The van der Waals surface area contributed by atoms with Gasteiger partial charge in [0.05, 0.1) is 5.60 Å². The summed E-state index contributed by atoms with van der Waals surface area (Å²) < 4.78 is 31.7. The molecule has 1 aromatic heterocycles. The van der Waals surface area contributed by atoms with Gasteiger partial charge in [-0.1, -0.05) is 5.16 Å². The van der Waals surface area contributed by atoms with Gasteiger partial charge in [-0.15, -0.1) is 0 Å². The standard InChI is InChI=1S/C13H24N4O4S/c1-9-7-17(6-5-16(9)8-13(3,4)18)22(19,20)11-10(2)21-15-12(11)14/h9,18H,5-8H2,1-4H3,(H2,14,15). The van der Waals surface area contributed by atoms with Crippen molar-refractivity contribution in [2.24, 2.45) is 0 Å². The van der Waals surface area contributed by atoms with Crippen molar-refractivity contribution in [1.29, 1.82) is 0 Å². The van der Waals surface area contributed by atoms with Gasteiger partial charge in [-0.2, -0.15) is 4.31 Å². The Labute approximate surface area is 130 Å². The van der Waals surface area contributed by atoms with Gasteiger partial charge < -0.3 is 15.4 Å². The number of β-amino-alcohol motifs (C(OH)–C–C–N with tert-alkyl or cyclic N) is 1. The summed E-state index contributed by atoms with van der Waals surface area (Å²) in [4.78, 5) is 2.03. The quantitative estimate of drug-likeness (QED) is 0.800. The summed E-state index contributed by atoms with van der Waals surface area (Å²) in [6.07, 6.45) is 0. The third-order valence-corrected chi connectivity index (χ3v) is 5.77. The maximum Gasteiger partial charge on any atom is 0.250 e. The Morgan fingerprint density at radius 1 is 1.45 bits per heavy atom. The Morgan fingerprint density at radius 2 is 2.09 bits per heavy atom. The molecule has 8 nitrogen and oxygen atoms in total. The molecular formula is C13H24N4O4S. The molecule has 9 heteroatoms. The van der Waals surface area contributed by atoms with Crippen LogP contribution in [0.4, 0.5) is 5.82 Å². The molecule has 0 bridgehead atoms. The second-order valence-corrected chi connectivity index (χ2v) is 8.32. The number of aryl methyl sites for hydroxylation is 1. The Kier molecular flexibility index (Phi) is 4.54. The lowest BCUT2D eigenvalue weighted by atomic mass is 10.1. The Bertz CT molecular complexity index is 615. The Balaban J connectivity index is 2.16. The summed E-state index contributed by atoms with van der Waals surface area (Å²) in [5.74, 6) is 0.0909. The number of rotatable bonds is 4. The highest BCUT2D eigenvalue weighted by atomic mass is 32.2. The summed E-state index contributed by atoms with van der Waals surface area (Å²) >= 11 is 0. The van der Waals surface area contributed by atoms with E-state index in [4.69, 9.17) is 10.3 Å². The van der Waals surface area contributed by atoms with Crippen LogP contribution in [0.15, 0.2) is 9.42 Å². The SMILES string of the molecule is Cc1onc(N)c1S(=O)(=O)N1CCN(CC(C)(C)O)C(C)C1. The number of aliphatic hydroxyl groups is 1. The molecule has 1 aliphatic rings. The van der Waals surface area contributed by atoms with E-state index < -0.39 is 15.6 Å². The Hall–Kier alpha value is -1.16. The minimum absolute atomic E-state index is 0.00339. The number of nitrogens with zero attached hydrogens (tertiary/aromatic N) is 3. The van der Waals surface area contributed by atoms with Crippen molar-refractivity contribution in [2.45, 2.75) is 44.2 Å². The lowest BCUT2D eigenvalue weighted by Crippen LogP contribution is -2.56. The van der Waals surface area contributed by atoms with Gasteiger partial charge in [-0.3, -0.25) is 4.90 Å². The van der Waals surface area contributed by atoms with Gasteiger partial charge in [0.25, 0.3) is 0 Å². The number of hydrogen-bond donors (Lipinski definition) is 2. The molecule has 1 aliphatic heterocycles. The van der Waals surface area contributed by atoms with Gasteiger partial charge in [-0.05, 0) is 27.7 Å². The fourth-order valence-electron chi connectivity index (χ4n) is 2.74. The lowest BCUT2D eigenvalue weighted by Gasteiger charge is -2.41. The molecule has 0 saturated carbocycles. The third-order valence-electron chi connectivity index (χ3n) is 3.75. The third kappa shape index (κ3) is 3.43. The van der Waals surface area contributed by atoms with E-state index in [0.29, 0.717) is 26.2 Å². The van der Waals surface area contributed by atoms with Crippen LogP contribution in [0.1, 0.15) is 26.5 Å². The molecule has 2 rings (SSSR count). The Morgan fingerprint density at radius 3 is 2.55 bits per heavy atom. The maximum absolute atomic E-state index is 12.7. The molecule has 0 aromatic carbocycles. The van der Waals surface area contributed by atoms with Gasteiger partial charge in [0.1, 0.15) is 0 Å². The van der Waals surface area contributed by atoms with E-state index in [0.717, 1.165) is 0 Å². The monoisotopic (exact) mass is 332 g/mol. The number of nitrogen functional groups attached to an aromatic ring is 1. The molecule has 0 radical (unpaired) electrons. The first-order chi connectivity index (χ1) is 10.0. The number of hydrogen-bond acceptors (Lipinski definition) is 7. The van der Waals surface area contributed by atoms with Crippen molar-refractivity contribution in [3.63, 3.8) is 0 Å². The second kappa shape index (κ2) is 5.80. The molecule has 22 heavy (non-hydrogen) atoms. The van der Waals surface area contributed by atoms with Crippen LogP contribution in [-0.2, 0) is 10.0 Å². The van der Waals surface area contributed by atoms with Crippen LogP contribution in [0.25, 0.3) is 0 Å². The topological polar surface area (TPSA) is 113 Å². The van der Waals surface area contributed by atoms with Crippen molar-refractivity contribution in [3.8, 4) is 0 Å². The summed E-state index contributed by atoms with van der Waals surface area (Å²) in [6.45, 7) is 8.68. The van der Waals surface area contributed by atoms with E-state index >= 15 is 0 Å². The van der Waals surface area contributed by atoms with Crippen LogP contribution < -0.4 is 5.73 Å².